The molecule has 2 rings (SSSR count). The van der Waals surface area contributed by atoms with Gasteiger partial charge in [0, 0.05) is 31.3 Å². The number of benzene rings is 2. The molecule has 0 fully saturated rings. The molecule has 0 heterocycles. The molecule has 2 aromatic carbocycles. The lowest BCUT2D eigenvalue weighted by atomic mass is 10.1. The number of nitrogens with one attached hydrogen (secondary N) is 1. The van der Waals surface area contributed by atoms with Gasteiger partial charge >= 0.3 is 0 Å². The van der Waals surface area contributed by atoms with Crippen LogP contribution >= 0.6 is 0 Å². The van der Waals surface area contributed by atoms with Gasteiger partial charge in [-0.05, 0) is 30.7 Å². The first-order chi connectivity index (χ1) is 13.6. The highest BCUT2D eigenvalue weighted by molar-refractivity contribution is 7.89. The molecule has 1 N–H and O–H groups in total. The quantitative estimate of drug-likeness (QED) is 0.518. The number of hydrogen-bond acceptors (Lipinski definition) is 5. The predicted octanol–water partition coefficient (Wildman–Crippen LogP) is 3.00. The van der Waals surface area contributed by atoms with E-state index in [4.69, 9.17) is 0 Å². The van der Waals surface area contributed by atoms with Crippen LogP contribution < -0.4 is 5.32 Å². The summed E-state index contributed by atoms with van der Waals surface area (Å²) < 4.78 is 40.1. The summed E-state index contributed by atoms with van der Waals surface area (Å²) in [5.41, 5.74) is -0.155. The first kappa shape index (κ1) is 22.4. The molecule has 0 aliphatic rings. The maximum absolute atomic E-state index is 13.9. The van der Waals surface area contributed by atoms with E-state index in [1.807, 2.05) is 0 Å². The Hall–Kier alpha value is -2.85. The molecule has 8 nitrogen and oxygen atoms in total. The zero-order valence-corrected chi connectivity index (χ0v) is 17.1. The molecule has 29 heavy (non-hydrogen) atoms. The lowest BCUT2D eigenvalue weighted by Crippen LogP contribution is -2.30. The van der Waals surface area contributed by atoms with Crippen LogP contribution in [0.1, 0.15) is 35.3 Å². The fourth-order valence-electron chi connectivity index (χ4n) is 2.76. The molecular weight excluding hydrogens is 401 g/mol. The number of sulfonamides is 1. The summed E-state index contributed by atoms with van der Waals surface area (Å²) in [4.78, 5) is 22.6. The topological polar surface area (TPSA) is 110 Å². The Labute approximate surface area is 168 Å². The van der Waals surface area contributed by atoms with Crippen molar-refractivity contribution in [2.45, 2.75) is 32.2 Å². The molecule has 0 spiro atoms. The van der Waals surface area contributed by atoms with Crippen molar-refractivity contribution >= 4 is 21.6 Å². The molecule has 10 heteroatoms. The number of carbonyl (C=O) groups is 1. The van der Waals surface area contributed by atoms with Crippen LogP contribution in [0.3, 0.4) is 0 Å². The molecule has 0 unspecified atom stereocenters. The van der Waals surface area contributed by atoms with E-state index in [0.717, 1.165) is 12.1 Å². The van der Waals surface area contributed by atoms with E-state index < -0.39 is 32.4 Å². The molecular formula is C19H22FN3O5S. The molecule has 0 aromatic heterocycles. The van der Waals surface area contributed by atoms with E-state index in [2.05, 4.69) is 5.32 Å². The van der Waals surface area contributed by atoms with Crippen molar-refractivity contribution in [2.75, 3.05) is 13.1 Å². The third-order valence-electron chi connectivity index (χ3n) is 4.50. The highest BCUT2D eigenvalue weighted by Crippen LogP contribution is 2.23. The lowest BCUT2D eigenvalue weighted by molar-refractivity contribution is -0.385. The summed E-state index contributed by atoms with van der Waals surface area (Å²) in [6.45, 7) is 5.54. The smallest absolute Gasteiger partial charge is 0.276 e. The van der Waals surface area contributed by atoms with Gasteiger partial charge in [0.05, 0.1) is 15.4 Å². The van der Waals surface area contributed by atoms with Crippen molar-refractivity contribution < 1.29 is 22.5 Å². The van der Waals surface area contributed by atoms with E-state index in [0.29, 0.717) is 18.7 Å². The second-order valence-corrected chi connectivity index (χ2v) is 8.21. The Kier molecular flexibility index (Phi) is 7.04. The minimum atomic E-state index is -3.57. The highest BCUT2D eigenvalue weighted by Gasteiger charge is 2.22. The van der Waals surface area contributed by atoms with E-state index in [-0.39, 0.29) is 22.6 Å². The highest BCUT2D eigenvalue weighted by atomic mass is 32.2. The number of amides is 1. The Morgan fingerprint density at radius 1 is 1.17 bits per heavy atom. The predicted molar refractivity (Wildman–Crippen MR) is 106 cm³/mol. The third kappa shape index (κ3) is 4.96. The normalized spacial score (nSPS) is 11.5. The van der Waals surface area contributed by atoms with Crippen molar-refractivity contribution in [3.63, 3.8) is 0 Å². The molecule has 1 amide bonds. The van der Waals surface area contributed by atoms with Gasteiger partial charge in [-0.2, -0.15) is 4.31 Å². The van der Waals surface area contributed by atoms with Crippen LogP contribution in [0.25, 0.3) is 0 Å². The van der Waals surface area contributed by atoms with E-state index >= 15 is 0 Å². The number of carbonyl (C=O) groups excluding carboxylic acids is 1. The fraction of sp³-hybridized carbons (Fsp3) is 0.316. The summed E-state index contributed by atoms with van der Waals surface area (Å²) in [5.74, 6) is -1.51. The van der Waals surface area contributed by atoms with Gasteiger partial charge in [-0.25, -0.2) is 12.8 Å². The van der Waals surface area contributed by atoms with Gasteiger partial charge < -0.3 is 5.32 Å². The largest absolute Gasteiger partial charge is 0.348 e. The SMILES string of the molecule is CCN(CC)S(=O)(=O)c1ccc(CNC(=O)c2cc(F)c(C)c([N+](=O)[O-])c2)cc1. The summed E-state index contributed by atoms with van der Waals surface area (Å²) in [5, 5.41) is 13.5. The number of nitro groups is 1. The van der Waals surface area contributed by atoms with Crippen molar-refractivity contribution in [2.24, 2.45) is 0 Å². The van der Waals surface area contributed by atoms with E-state index in [1.165, 1.54) is 23.4 Å². The van der Waals surface area contributed by atoms with Crippen molar-refractivity contribution in [3.05, 3.63) is 69.0 Å². The summed E-state index contributed by atoms with van der Waals surface area (Å²) >= 11 is 0. The van der Waals surface area contributed by atoms with Crippen molar-refractivity contribution in [1.82, 2.24) is 9.62 Å². The molecule has 2 aromatic rings. The Morgan fingerprint density at radius 2 is 1.76 bits per heavy atom. The maximum Gasteiger partial charge on any atom is 0.276 e. The first-order valence-electron chi connectivity index (χ1n) is 8.93. The monoisotopic (exact) mass is 423 g/mol. The van der Waals surface area contributed by atoms with E-state index in [9.17, 15) is 27.7 Å². The fourth-order valence-corrected chi connectivity index (χ4v) is 4.22. The Balaban J connectivity index is 2.13. The minimum Gasteiger partial charge on any atom is -0.348 e. The molecule has 0 aliphatic heterocycles. The van der Waals surface area contributed by atoms with Gasteiger partial charge in [0.1, 0.15) is 5.82 Å². The number of nitrogens with zero attached hydrogens (tertiary/aromatic N) is 2. The van der Waals surface area contributed by atoms with Crippen LogP contribution in [0.4, 0.5) is 10.1 Å². The second-order valence-electron chi connectivity index (χ2n) is 6.28. The van der Waals surface area contributed by atoms with Crippen LogP contribution in [0.2, 0.25) is 0 Å². The molecule has 0 atom stereocenters. The van der Waals surface area contributed by atoms with Crippen LogP contribution in [-0.4, -0.2) is 36.6 Å². The molecule has 156 valence electrons. The standard InChI is InChI=1S/C19H22FN3O5S/c1-4-22(5-2)29(27,28)16-8-6-14(7-9-16)12-21-19(24)15-10-17(20)13(3)18(11-15)23(25)26/h6-11H,4-5,12H2,1-3H3,(H,21,24). The summed E-state index contributed by atoms with van der Waals surface area (Å²) in [7, 11) is -3.57. The average molecular weight is 423 g/mol. The molecule has 0 aliphatic carbocycles. The van der Waals surface area contributed by atoms with Gasteiger partial charge in [-0.3, -0.25) is 14.9 Å². The minimum absolute atomic E-state index is 0.0493. The number of nitro benzene ring substituents is 1. The van der Waals surface area contributed by atoms with Crippen LogP contribution in [-0.2, 0) is 16.6 Å². The summed E-state index contributed by atoms with van der Waals surface area (Å²) in [6.07, 6.45) is 0. The Morgan fingerprint density at radius 3 is 2.28 bits per heavy atom. The number of hydrogen-bond donors (Lipinski definition) is 1. The first-order valence-corrected chi connectivity index (χ1v) is 10.4. The number of rotatable bonds is 8. The van der Waals surface area contributed by atoms with Gasteiger partial charge in [-0.1, -0.05) is 26.0 Å². The molecule has 0 bridgehead atoms. The van der Waals surface area contributed by atoms with Crippen molar-refractivity contribution in [3.8, 4) is 0 Å². The maximum atomic E-state index is 13.9. The molecule has 0 radical (unpaired) electrons. The van der Waals surface area contributed by atoms with Gasteiger partial charge in [0.2, 0.25) is 10.0 Å². The van der Waals surface area contributed by atoms with Crippen LogP contribution in [0, 0.1) is 22.9 Å². The summed E-state index contributed by atoms with van der Waals surface area (Å²) in [6, 6.07) is 7.99. The van der Waals surface area contributed by atoms with Gasteiger partial charge in [0.25, 0.3) is 11.6 Å². The second kappa shape index (κ2) is 9.10. The molecule has 0 saturated heterocycles. The molecule has 0 saturated carbocycles. The lowest BCUT2D eigenvalue weighted by Gasteiger charge is -2.18. The van der Waals surface area contributed by atoms with Gasteiger partial charge in [-0.15, -0.1) is 0 Å². The zero-order valence-electron chi connectivity index (χ0n) is 16.3. The van der Waals surface area contributed by atoms with Gasteiger partial charge in [0.15, 0.2) is 0 Å². The van der Waals surface area contributed by atoms with Crippen LogP contribution in [0.5, 0.6) is 0 Å². The van der Waals surface area contributed by atoms with Crippen molar-refractivity contribution in [1.29, 1.82) is 0 Å². The van der Waals surface area contributed by atoms with E-state index in [1.54, 1.807) is 26.0 Å². The zero-order chi connectivity index (χ0) is 21.8. The number of halogens is 1. The Bertz CT molecular complexity index is 1020. The average Bonchev–Trinajstić information content (AvgIpc) is 2.68. The van der Waals surface area contributed by atoms with Crippen LogP contribution in [0.15, 0.2) is 41.3 Å². The third-order valence-corrected chi connectivity index (χ3v) is 6.56.